The Hall–Kier alpha value is -1.42. The Kier molecular flexibility index (Phi) is 2.91. The van der Waals surface area contributed by atoms with Crippen LogP contribution in [-0.4, -0.2) is 9.79 Å². The Morgan fingerprint density at radius 3 is 2.53 bits per heavy atom. The first-order valence-corrected chi connectivity index (χ1v) is 6.67. The minimum absolute atomic E-state index is 0.339. The molecule has 2 aromatic rings. The van der Waals surface area contributed by atoms with Gasteiger partial charge in [-0.05, 0) is 18.1 Å². The van der Waals surface area contributed by atoms with Crippen LogP contribution in [0.25, 0.3) is 11.0 Å². The van der Waals surface area contributed by atoms with Gasteiger partial charge in [0.05, 0.1) is 0 Å². The minimum atomic E-state index is -4.62. The summed E-state index contributed by atoms with van der Waals surface area (Å²) in [5.41, 5.74) is -0.273. The second kappa shape index (κ2) is 4.11. The van der Waals surface area contributed by atoms with Crippen molar-refractivity contribution in [1.29, 1.82) is 0 Å². The van der Waals surface area contributed by atoms with Gasteiger partial charge in [-0.25, -0.2) is 4.79 Å². The zero-order chi connectivity index (χ0) is 12.6. The molecule has 1 aromatic heterocycles. The second-order valence-corrected chi connectivity index (χ2v) is 5.15. The molecule has 17 heavy (non-hydrogen) atoms. The van der Waals surface area contributed by atoms with Crippen molar-refractivity contribution >= 4 is 23.9 Å². The van der Waals surface area contributed by atoms with Gasteiger partial charge in [0.2, 0.25) is 0 Å². The number of fused-ring (bicyclic) bond motifs is 1. The van der Waals surface area contributed by atoms with E-state index in [9.17, 15) is 19.1 Å². The maximum atomic E-state index is 11.6. The lowest BCUT2D eigenvalue weighted by Crippen LogP contribution is -2.27. The Morgan fingerprint density at radius 1 is 1.29 bits per heavy atom. The zero-order valence-electron chi connectivity index (χ0n) is 9.08. The van der Waals surface area contributed by atoms with E-state index in [1.165, 1.54) is 0 Å². The molecule has 0 bridgehead atoms. The summed E-state index contributed by atoms with van der Waals surface area (Å²) >= 11 is 0. The van der Waals surface area contributed by atoms with Crippen LogP contribution in [0.15, 0.2) is 33.5 Å². The van der Waals surface area contributed by atoms with Crippen molar-refractivity contribution in [3.8, 4) is 0 Å². The second-order valence-electron chi connectivity index (χ2n) is 3.61. The van der Waals surface area contributed by atoms with E-state index in [0.717, 1.165) is 0 Å². The Balaban J connectivity index is 2.99. The van der Waals surface area contributed by atoms with Gasteiger partial charge in [0.1, 0.15) is 5.58 Å². The van der Waals surface area contributed by atoms with Crippen LogP contribution in [-0.2, 0) is 11.0 Å². The number of aryl methyl sites for hydroxylation is 1. The van der Waals surface area contributed by atoms with Crippen LogP contribution in [0.5, 0.6) is 0 Å². The highest BCUT2D eigenvalue weighted by atomic mass is 31.2. The summed E-state index contributed by atoms with van der Waals surface area (Å²) < 4.78 is 16.2. The molecule has 0 amide bonds. The molecule has 6 heteroatoms. The van der Waals surface area contributed by atoms with Gasteiger partial charge in [0.25, 0.3) is 0 Å². The molecule has 2 N–H and O–H groups in total. The fourth-order valence-corrected chi connectivity index (χ4v) is 2.77. The van der Waals surface area contributed by atoms with Gasteiger partial charge in [-0.2, -0.15) is 0 Å². The van der Waals surface area contributed by atoms with Crippen molar-refractivity contribution < 1.29 is 18.8 Å². The number of benzene rings is 1. The van der Waals surface area contributed by atoms with Gasteiger partial charge in [0.15, 0.2) is 5.30 Å². The largest absolute Gasteiger partial charge is 0.422 e. The van der Waals surface area contributed by atoms with Crippen LogP contribution in [0.4, 0.5) is 0 Å². The van der Waals surface area contributed by atoms with Crippen molar-refractivity contribution in [2.45, 2.75) is 13.3 Å². The molecule has 0 aliphatic rings. The van der Waals surface area contributed by atoms with Crippen LogP contribution in [0, 0.1) is 0 Å². The molecule has 90 valence electrons. The molecule has 0 saturated heterocycles. The molecule has 1 heterocycles. The number of para-hydroxylation sites is 1. The third kappa shape index (κ3) is 2.05. The van der Waals surface area contributed by atoms with E-state index in [2.05, 4.69) is 0 Å². The first-order valence-electron chi connectivity index (χ1n) is 5.06. The lowest BCUT2D eigenvalue weighted by molar-refractivity contribution is 0.385. The van der Waals surface area contributed by atoms with Crippen molar-refractivity contribution in [2.75, 3.05) is 0 Å². The van der Waals surface area contributed by atoms with E-state index in [1.807, 2.05) is 0 Å². The molecular weight excluding hydrogens is 243 g/mol. The summed E-state index contributed by atoms with van der Waals surface area (Å²) in [6, 6.07) is 6.70. The van der Waals surface area contributed by atoms with Crippen molar-refractivity contribution in [3.63, 3.8) is 0 Å². The summed E-state index contributed by atoms with van der Waals surface area (Å²) in [5.74, 6) is 0. The third-order valence-electron chi connectivity index (χ3n) is 2.54. The molecular formula is C11H11O5P. The monoisotopic (exact) mass is 254 g/mol. The first kappa shape index (κ1) is 12.0. The van der Waals surface area contributed by atoms with E-state index in [-0.39, 0.29) is 0 Å². The van der Waals surface area contributed by atoms with E-state index in [4.69, 9.17) is 4.42 Å². The fourth-order valence-electron chi connectivity index (χ4n) is 1.86. The van der Waals surface area contributed by atoms with Crippen molar-refractivity contribution in [3.05, 3.63) is 40.2 Å². The lowest BCUT2D eigenvalue weighted by atomic mass is 10.1. The smallest absolute Gasteiger partial charge is 0.363 e. The highest BCUT2D eigenvalue weighted by molar-refractivity contribution is 7.60. The van der Waals surface area contributed by atoms with Crippen LogP contribution >= 0.6 is 7.60 Å². The fraction of sp³-hybridized carbons (Fsp3) is 0.182. The van der Waals surface area contributed by atoms with Crippen LogP contribution in [0.1, 0.15) is 12.5 Å². The highest BCUT2D eigenvalue weighted by Crippen LogP contribution is 2.35. The van der Waals surface area contributed by atoms with Crippen LogP contribution in [0.3, 0.4) is 0 Å². The first-order chi connectivity index (χ1) is 7.95. The zero-order valence-corrected chi connectivity index (χ0v) is 9.98. The van der Waals surface area contributed by atoms with Gasteiger partial charge < -0.3 is 14.2 Å². The minimum Gasteiger partial charge on any atom is -0.422 e. The predicted octanol–water partition coefficient (Wildman–Crippen LogP) is 1.16. The molecule has 0 fully saturated rings. The molecule has 0 aliphatic heterocycles. The standard InChI is InChI=1S/C11H11O5P/c1-2-7-8-5-3-4-6-9(8)16-11(12)10(7)17(13,14)15/h3-6H,2H2,1H3,(H2,13,14,15). The maximum absolute atomic E-state index is 11.6. The molecule has 2 rings (SSSR count). The molecule has 0 atom stereocenters. The predicted molar refractivity (Wildman–Crippen MR) is 63.5 cm³/mol. The summed E-state index contributed by atoms with van der Waals surface area (Å²) in [4.78, 5) is 30.0. The molecule has 0 radical (unpaired) electrons. The Labute approximate surface area is 96.9 Å². The average Bonchev–Trinajstić information content (AvgIpc) is 2.25. The van der Waals surface area contributed by atoms with Crippen LogP contribution in [0.2, 0.25) is 0 Å². The van der Waals surface area contributed by atoms with E-state index >= 15 is 0 Å². The summed E-state index contributed by atoms with van der Waals surface area (Å²) in [6.07, 6.45) is 0.354. The molecule has 0 unspecified atom stereocenters. The topological polar surface area (TPSA) is 87.7 Å². The maximum Gasteiger partial charge on any atom is 0.363 e. The quantitative estimate of drug-likeness (QED) is 0.620. The highest BCUT2D eigenvalue weighted by Gasteiger charge is 2.28. The molecule has 0 spiro atoms. The van der Waals surface area contributed by atoms with Gasteiger partial charge in [-0.3, -0.25) is 4.57 Å². The SMILES string of the molecule is CCc1c(P(=O)(O)O)c(=O)oc2ccccc12. The lowest BCUT2D eigenvalue weighted by Gasteiger charge is -2.10. The molecule has 1 aromatic carbocycles. The Bertz CT molecular complexity index is 667. The van der Waals surface area contributed by atoms with Gasteiger partial charge >= 0.3 is 13.2 Å². The van der Waals surface area contributed by atoms with Gasteiger partial charge in [-0.15, -0.1) is 0 Å². The third-order valence-corrected chi connectivity index (χ3v) is 3.57. The summed E-state index contributed by atoms with van der Waals surface area (Å²) in [6.45, 7) is 1.74. The Morgan fingerprint density at radius 2 is 1.94 bits per heavy atom. The average molecular weight is 254 g/mol. The number of rotatable bonds is 2. The van der Waals surface area contributed by atoms with Crippen LogP contribution < -0.4 is 10.9 Å². The van der Waals surface area contributed by atoms with E-state index in [1.54, 1.807) is 31.2 Å². The van der Waals surface area contributed by atoms with Gasteiger partial charge in [-0.1, -0.05) is 25.1 Å². The summed E-state index contributed by atoms with van der Waals surface area (Å²) in [5, 5.41) is 0.0339. The number of hydrogen-bond donors (Lipinski definition) is 2. The van der Waals surface area contributed by atoms with Gasteiger partial charge in [0, 0.05) is 5.39 Å². The molecule has 0 saturated carbocycles. The van der Waals surface area contributed by atoms with E-state index < -0.39 is 18.5 Å². The van der Waals surface area contributed by atoms with Crippen molar-refractivity contribution in [2.24, 2.45) is 0 Å². The van der Waals surface area contributed by atoms with E-state index in [0.29, 0.717) is 23.0 Å². The number of hydrogen-bond acceptors (Lipinski definition) is 3. The summed E-state index contributed by atoms with van der Waals surface area (Å²) in [7, 11) is -4.62. The molecule has 5 nitrogen and oxygen atoms in total. The molecule has 0 aliphatic carbocycles. The normalized spacial score (nSPS) is 11.9. The van der Waals surface area contributed by atoms with Crippen molar-refractivity contribution in [1.82, 2.24) is 0 Å².